The first kappa shape index (κ1) is 22.0. The second kappa shape index (κ2) is 7.43. The number of hydrogen-bond donors (Lipinski definition) is 3. The number of benzene rings is 1. The van der Waals surface area contributed by atoms with Crippen molar-refractivity contribution in [2.75, 3.05) is 25.2 Å². The molecule has 1 saturated heterocycles. The van der Waals surface area contributed by atoms with Gasteiger partial charge >= 0.3 is 6.18 Å². The van der Waals surface area contributed by atoms with E-state index in [9.17, 15) is 27.9 Å². The topological polar surface area (TPSA) is 108 Å². The van der Waals surface area contributed by atoms with Gasteiger partial charge in [0.05, 0.1) is 17.9 Å². The fraction of sp³-hybridized carbons (Fsp3) is 0.429. The number of anilines is 1. The summed E-state index contributed by atoms with van der Waals surface area (Å²) in [4.78, 5) is 25.3. The van der Waals surface area contributed by atoms with Crippen molar-refractivity contribution in [1.82, 2.24) is 10.3 Å². The van der Waals surface area contributed by atoms with E-state index in [4.69, 9.17) is 10.5 Å². The van der Waals surface area contributed by atoms with Crippen LogP contribution in [0.2, 0.25) is 0 Å². The number of carbonyl (C=O) groups is 2. The van der Waals surface area contributed by atoms with E-state index in [1.165, 1.54) is 22.0 Å². The number of hydrazine groups is 1. The van der Waals surface area contributed by atoms with Gasteiger partial charge in [0.1, 0.15) is 17.5 Å². The Morgan fingerprint density at radius 2 is 2.12 bits per heavy atom. The normalized spacial score (nSPS) is 27.4. The van der Waals surface area contributed by atoms with Crippen LogP contribution in [0.15, 0.2) is 29.5 Å². The molecule has 3 atom stereocenters. The Bertz CT molecular complexity index is 1090. The molecule has 0 aromatic heterocycles. The molecule has 0 aliphatic carbocycles. The Balaban J connectivity index is 1.78. The third kappa shape index (κ3) is 3.55. The van der Waals surface area contributed by atoms with Crippen LogP contribution in [0.3, 0.4) is 0 Å². The van der Waals surface area contributed by atoms with E-state index in [0.717, 1.165) is 0 Å². The highest BCUT2D eigenvalue weighted by molar-refractivity contribution is 5.90. The van der Waals surface area contributed by atoms with Crippen LogP contribution in [0.4, 0.5) is 18.9 Å². The van der Waals surface area contributed by atoms with E-state index in [1.807, 2.05) is 0 Å². The molecule has 3 heterocycles. The maximum Gasteiger partial charge on any atom is 0.416 e. The fourth-order valence-corrected chi connectivity index (χ4v) is 4.06. The molecule has 0 bridgehead atoms. The minimum atomic E-state index is -4.79. The number of alkyl halides is 3. The molecule has 2 amide bonds. The van der Waals surface area contributed by atoms with Crippen LogP contribution in [0.1, 0.15) is 18.9 Å². The summed E-state index contributed by atoms with van der Waals surface area (Å²) in [5, 5.41) is 11.7. The van der Waals surface area contributed by atoms with E-state index in [0.29, 0.717) is 12.1 Å². The molecule has 4 N–H and O–H groups in total. The number of rotatable bonds is 1. The zero-order chi connectivity index (χ0) is 23.4. The van der Waals surface area contributed by atoms with Crippen LogP contribution in [-0.2, 0) is 9.59 Å². The van der Waals surface area contributed by atoms with Crippen molar-refractivity contribution in [1.29, 1.82) is 0 Å². The van der Waals surface area contributed by atoms with Gasteiger partial charge in [0, 0.05) is 31.5 Å². The number of primary amides is 1. The van der Waals surface area contributed by atoms with Gasteiger partial charge in [0.25, 0.3) is 5.91 Å². The largest absolute Gasteiger partial charge is 0.491 e. The Hall–Kier alpha value is -3.23. The summed E-state index contributed by atoms with van der Waals surface area (Å²) in [6, 6.07) is 2.83. The van der Waals surface area contributed by atoms with Gasteiger partial charge < -0.3 is 20.5 Å². The maximum atomic E-state index is 13.8. The molecule has 170 valence electrons. The van der Waals surface area contributed by atoms with Crippen molar-refractivity contribution >= 4 is 17.5 Å². The predicted molar refractivity (Wildman–Crippen MR) is 107 cm³/mol. The monoisotopic (exact) mass is 450 g/mol. The molecule has 1 fully saturated rings. The van der Waals surface area contributed by atoms with Crippen LogP contribution >= 0.6 is 0 Å². The van der Waals surface area contributed by atoms with Crippen molar-refractivity contribution < 1.29 is 32.6 Å². The first-order valence-electron chi connectivity index (χ1n) is 9.87. The number of likely N-dealkylation sites (N-methyl/N-ethyl adjacent to an activating group) is 1. The molecule has 8 nitrogen and oxygen atoms in total. The lowest BCUT2D eigenvalue weighted by molar-refractivity contribution is -0.137. The summed E-state index contributed by atoms with van der Waals surface area (Å²) in [5.41, 5.74) is 5.32. The summed E-state index contributed by atoms with van der Waals surface area (Å²) in [6.45, 7) is 1.88. The molecule has 3 aliphatic rings. The summed E-state index contributed by atoms with van der Waals surface area (Å²) in [6.07, 6.45) is -4.64. The molecule has 1 aromatic rings. The lowest BCUT2D eigenvalue weighted by Crippen LogP contribution is -2.46. The quantitative estimate of drug-likeness (QED) is 0.543. The molecule has 4 rings (SSSR count). The van der Waals surface area contributed by atoms with Gasteiger partial charge in [-0.2, -0.15) is 13.2 Å². The standard InChI is InChI=1S/C21H21F3N4O4/c1-11-10-32-14-4-3-12(5-6-20(31)7-8-27(2)19(20)30)9-13(14)28-17(11)15(21(22,23)24)16(26-28)18(25)29/h3-4,9,11,16,26,31H,7-8,10H2,1-2H3,(H2,25,29). The molecular formula is C21H21F3N4O4. The van der Waals surface area contributed by atoms with Gasteiger partial charge in [0.15, 0.2) is 0 Å². The Morgan fingerprint density at radius 1 is 1.41 bits per heavy atom. The Labute approximate surface area is 181 Å². The summed E-state index contributed by atoms with van der Waals surface area (Å²) in [5.74, 6) is 3.22. The van der Waals surface area contributed by atoms with Crippen molar-refractivity contribution in [2.24, 2.45) is 11.7 Å². The van der Waals surface area contributed by atoms with E-state index < -0.39 is 41.1 Å². The van der Waals surface area contributed by atoms with Gasteiger partial charge in [-0.1, -0.05) is 18.8 Å². The highest BCUT2D eigenvalue weighted by atomic mass is 19.4. The van der Waals surface area contributed by atoms with Crippen LogP contribution in [0, 0.1) is 17.8 Å². The predicted octanol–water partition coefficient (Wildman–Crippen LogP) is 0.655. The SMILES string of the molecule is CC1COc2ccc(C#CC3(O)CCN(C)C3=O)cc2N2NC(C(N)=O)C(C(F)(F)F)=C12. The number of fused-ring (bicyclic) bond motifs is 3. The second-order valence-corrected chi connectivity index (χ2v) is 8.08. The number of nitrogens with one attached hydrogen (secondary N) is 1. The number of hydrogen-bond acceptors (Lipinski definition) is 6. The number of halogens is 3. The van der Waals surface area contributed by atoms with E-state index >= 15 is 0 Å². The van der Waals surface area contributed by atoms with Crippen molar-refractivity contribution in [2.45, 2.75) is 31.2 Å². The first-order chi connectivity index (χ1) is 14.9. The molecule has 3 aliphatic heterocycles. The summed E-state index contributed by atoms with van der Waals surface area (Å²) in [7, 11) is 1.56. The van der Waals surface area contributed by atoms with Gasteiger partial charge in [-0.05, 0) is 18.2 Å². The Kier molecular flexibility index (Phi) is 5.10. The number of carbonyl (C=O) groups excluding carboxylic acids is 2. The number of ether oxygens (including phenoxy) is 1. The molecule has 0 radical (unpaired) electrons. The Morgan fingerprint density at radius 3 is 2.72 bits per heavy atom. The molecule has 3 unspecified atom stereocenters. The number of nitrogens with zero attached hydrogens (tertiary/aromatic N) is 2. The highest BCUT2D eigenvalue weighted by Crippen LogP contribution is 2.45. The average Bonchev–Trinajstić information content (AvgIpc) is 3.21. The fourth-order valence-electron chi connectivity index (χ4n) is 4.06. The lowest BCUT2D eigenvalue weighted by Gasteiger charge is -2.24. The summed E-state index contributed by atoms with van der Waals surface area (Å²) < 4.78 is 47.2. The maximum absolute atomic E-state index is 13.8. The minimum absolute atomic E-state index is 0.0445. The molecule has 0 spiro atoms. The molecule has 0 saturated carbocycles. The third-order valence-electron chi connectivity index (χ3n) is 5.73. The number of aliphatic hydroxyl groups is 1. The van der Waals surface area contributed by atoms with E-state index in [1.54, 1.807) is 20.0 Å². The first-order valence-corrected chi connectivity index (χ1v) is 9.87. The van der Waals surface area contributed by atoms with Gasteiger partial charge in [-0.25, -0.2) is 5.43 Å². The number of amides is 2. The summed E-state index contributed by atoms with van der Waals surface area (Å²) >= 11 is 0. The van der Waals surface area contributed by atoms with Gasteiger partial charge in [-0.15, -0.1) is 0 Å². The van der Waals surface area contributed by atoms with Crippen LogP contribution in [0.5, 0.6) is 5.75 Å². The van der Waals surface area contributed by atoms with Crippen molar-refractivity contribution in [3.05, 3.63) is 35.0 Å². The van der Waals surface area contributed by atoms with Gasteiger partial charge in [0.2, 0.25) is 11.5 Å². The lowest BCUT2D eigenvalue weighted by atomic mass is 9.98. The molecule has 32 heavy (non-hydrogen) atoms. The van der Waals surface area contributed by atoms with E-state index in [2.05, 4.69) is 17.3 Å². The smallest absolute Gasteiger partial charge is 0.416 e. The van der Waals surface area contributed by atoms with Crippen molar-refractivity contribution in [3.8, 4) is 17.6 Å². The van der Waals surface area contributed by atoms with E-state index in [-0.39, 0.29) is 30.2 Å². The highest BCUT2D eigenvalue weighted by Gasteiger charge is 2.51. The van der Waals surface area contributed by atoms with Crippen LogP contribution in [0.25, 0.3) is 0 Å². The van der Waals surface area contributed by atoms with Crippen molar-refractivity contribution in [3.63, 3.8) is 0 Å². The molecular weight excluding hydrogens is 429 g/mol. The molecule has 1 aromatic carbocycles. The zero-order valence-electron chi connectivity index (χ0n) is 17.3. The minimum Gasteiger partial charge on any atom is -0.491 e. The number of nitrogens with two attached hydrogens (primary N) is 1. The third-order valence-corrected chi connectivity index (χ3v) is 5.73. The zero-order valence-corrected chi connectivity index (χ0v) is 17.3. The number of likely N-dealkylation sites (tertiary alicyclic amines) is 1. The van der Waals surface area contributed by atoms with Gasteiger partial charge in [-0.3, -0.25) is 14.6 Å². The molecule has 11 heteroatoms. The van der Waals surface area contributed by atoms with Crippen LogP contribution < -0.4 is 20.9 Å². The van der Waals surface area contributed by atoms with Crippen LogP contribution in [-0.4, -0.2) is 59.8 Å². The second-order valence-electron chi connectivity index (χ2n) is 8.08. The average molecular weight is 450 g/mol.